The molecule has 0 aliphatic heterocycles. The molecule has 1 aromatic rings. The minimum absolute atomic E-state index is 0.0888. The van der Waals surface area contributed by atoms with E-state index < -0.39 is 4.92 Å². The Balaban J connectivity index is 2.84. The molecule has 1 rings (SSSR count). The third-order valence-electron chi connectivity index (χ3n) is 1.79. The van der Waals surface area contributed by atoms with Gasteiger partial charge in [-0.15, -0.1) is 4.68 Å². The number of nitro groups is 1. The second-order valence-corrected chi connectivity index (χ2v) is 2.98. The summed E-state index contributed by atoms with van der Waals surface area (Å²) in [6, 6.07) is 1.50. The third kappa shape index (κ3) is 2.27. The van der Waals surface area contributed by atoms with Crippen LogP contribution in [0.1, 0.15) is 25.5 Å². The summed E-state index contributed by atoms with van der Waals surface area (Å²) in [5, 5.41) is 14.6. The normalized spacial score (nSPS) is 10.3. The zero-order valence-corrected chi connectivity index (χ0v) is 7.86. The van der Waals surface area contributed by atoms with Gasteiger partial charge in [0.1, 0.15) is 6.54 Å². The molecule has 0 aliphatic rings. The van der Waals surface area contributed by atoms with Crippen molar-refractivity contribution < 1.29 is 4.92 Å². The lowest BCUT2D eigenvalue weighted by Gasteiger charge is -1.96. The molecular weight excluding hydrogens is 170 g/mol. The van der Waals surface area contributed by atoms with Crippen LogP contribution in [0.2, 0.25) is 0 Å². The minimum Gasteiger partial charge on any atom is -0.358 e. The van der Waals surface area contributed by atoms with E-state index >= 15 is 0 Å². The largest absolute Gasteiger partial charge is 0.358 e. The maximum absolute atomic E-state index is 10.5. The van der Waals surface area contributed by atoms with E-state index in [1.165, 1.54) is 10.7 Å². The van der Waals surface area contributed by atoms with Crippen molar-refractivity contribution in [3.05, 3.63) is 21.9 Å². The number of hydrogen-bond donors (Lipinski definition) is 0. The predicted molar refractivity (Wildman–Crippen MR) is 48.5 cm³/mol. The zero-order valence-electron chi connectivity index (χ0n) is 7.86. The summed E-state index contributed by atoms with van der Waals surface area (Å²) < 4.78 is 1.46. The van der Waals surface area contributed by atoms with E-state index in [2.05, 4.69) is 5.10 Å². The number of aryl methyl sites for hydroxylation is 2. The number of unbranched alkanes of at least 4 members (excludes halogenated alkanes) is 1. The molecule has 13 heavy (non-hydrogen) atoms. The van der Waals surface area contributed by atoms with Gasteiger partial charge in [-0.2, -0.15) is 0 Å². The highest BCUT2D eigenvalue weighted by Gasteiger charge is 2.14. The molecule has 0 bridgehead atoms. The Morgan fingerprint density at radius 3 is 2.92 bits per heavy atom. The van der Waals surface area contributed by atoms with Crippen molar-refractivity contribution in [3.8, 4) is 0 Å². The molecule has 0 radical (unpaired) electrons. The molecule has 0 spiro atoms. The van der Waals surface area contributed by atoms with Gasteiger partial charge in [-0.1, -0.05) is 18.4 Å². The van der Waals surface area contributed by atoms with Gasteiger partial charge in [0.15, 0.2) is 0 Å². The van der Waals surface area contributed by atoms with Gasteiger partial charge in [0.2, 0.25) is 0 Å². The van der Waals surface area contributed by atoms with E-state index in [0.29, 0.717) is 12.2 Å². The van der Waals surface area contributed by atoms with E-state index in [4.69, 9.17) is 0 Å². The Kier molecular flexibility index (Phi) is 3.00. The molecule has 0 saturated carbocycles. The molecule has 0 N–H and O–H groups in total. The summed E-state index contributed by atoms with van der Waals surface area (Å²) in [4.78, 5) is 10.1. The van der Waals surface area contributed by atoms with Gasteiger partial charge in [0, 0.05) is 0 Å². The van der Waals surface area contributed by atoms with Crippen LogP contribution >= 0.6 is 0 Å². The Hall–Kier alpha value is -1.39. The monoisotopic (exact) mass is 183 g/mol. The van der Waals surface area contributed by atoms with E-state index in [-0.39, 0.29) is 5.82 Å². The van der Waals surface area contributed by atoms with Gasteiger partial charge in [0.05, 0.1) is 11.8 Å². The summed E-state index contributed by atoms with van der Waals surface area (Å²) in [6.07, 6.45) is 1.93. The average Bonchev–Trinajstić information content (AvgIpc) is 2.43. The van der Waals surface area contributed by atoms with Crippen molar-refractivity contribution in [2.24, 2.45) is 0 Å². The van der Waals surface area contributed by atoms with Crippen LogP contribution in [0.15, 0.2) is 6.07 Å². The van der Waals surface area contributed by atoms with Crippen LogP contribution in [0, 0.1) is 17.0 Å². The molecule has 0 aliphatic carbocycles. The molecule has 1 aromatic heterocycles. The number of nitrogens with zero attached hydrogens (tertiary/aromatic N) is 3. The van der Waals surface area contributed by atoms with Crippen molar-refractivity contribution >= 4 is 5.82 Å². The third-order valence-corrected chi connectivity index (χ3v) is 1.79. The summed E-state index contributed by atoms with van der Waals surface area (Å²) in [6.45, 7) is 4.43. The second kappa shape index (κ2) is 4.02. The zero-order chi connectivity index (χ0) is 9.84. The van der Waals surface area contributed by atoms with Crippen LogP contribution in [-0.2, 0) is 6.54 Å². The summed E-state index contributed by atoms with van der Waals surface area (Å²) in [5.41, 5.74) is 0.697. The van der Waals surface area contributed by atoms with Crippen molar-refractivity contribution in [2.45, 2.75) is 33.2 Å². The lowest BCUT2D eigenvalue weighted by Crippen LogP contribution is -2.04. The molecule has 5 nitrogen and oxygen atoms in total. The summed E-state index contributed by atoms with van der Waals surface area (Å²) in [7, 11) is 0. The highest BCUT2D eigenvalue weighted by molar-refractivity contribution is 5.21. The van der Waals surface area contributed by atoms with Crippen LogP contribution in [0.4, 0.5) is 5.82 Å². The Morgan fingerprint density at radius 2 is 2.38 bits per heavy atom. The van der Waals surface area contributed by atoms with Crippen LogP contribution < -0.4 is 0 Å². The topological polar surface area (TPSA) is 61.0 Å². The van der Waals surface area contributed by atoms with Crippen molar-refractivity contribution in [1.29, 1.82) is 0 Å². The van der Waals surface area contributed by atoms with Gasteiger partial charge in [-0.25, -0.2) is 0 Å². The van der Waals surface area contributed by atoms with Gasteiger partial charge in [-0.05, 0) is 18.3 Å². The smallest absolute Gasteiger partial charge is 0.345 e. The molecule has 0 atom stereocenters. The first-order valence-corrected chi connectivity index (χ1v) is 4.34. The molecule has 0 amide bonds. The number of hydrogen-bond acceptors (Lipinski definition) is 3. The first-order valence-electron chi connectivity index (χ1n) is 4.34. The number of aromatic nitrogens is 2. The van der Waals surface area contributed by atoms with Gasteiger partial charge < -0.3 is 10.1 Å². The quantitative estimate of drug-likeness (QED) is 0.529. The first-order chi connectivity index (χ1) is 6.15. The fraction of sp³-hybridized carbons (Fsp3) is 0.625. The SMILES string of the molecule is CCCCn1nc(C)cc1[N+](=O)[O-]. The molecule has 0 saturated heterocycles. The maximum Gasteiger partial charge on any atom is 0.345 e. The fourth-order valence-electron chi connectivity index (χ4n) is 1.15. The van der Waals surface area contributed by atoms with Crippen molar-refractivity contribution in [1.82, 2.24) is 9.78 Å². The van der Waals surface area contributed by atoms with Crippen LogP contribution in [0.5, 0.6) is 0 Å². The lowest BCUT2D eigenvalue weighted by molar-refractivity contribution is -0.392. The highest BCUT2D eigenvalue weighted by Crippen LogP contribution is 2.13. The summed E-state index contributed by atoms with van der Waals surface area (Å²) >= 11 is 0. The molecule has 0 fully saturated rings. The standard InChI is InChI=1S/C8H13N3O2/c1-3-4-5-10-8(11(12)13)6-7(2)9-10/h6H,3-5H2,1-2H3. The van der Waals surface area contributed by atoms with Crippen LogP contribution in [0.3, 0.4) is 0 Å². The highest BCUT2D eigenvalue weighted by atomic mass is 16.6. The Morgan fingerprint density at radius 1 is 1.69 bits per heavy atom. The second-order valence-electron chi connectivity index (χ2n) is 2.98. The molecule has 0 unspecified atom stereocenters. The Labute approximate surface area is 76.5 Å². The van der Waals surface area contributed by atoms with Crippen LogP contribution in [0.25, 0.3) is 0 Å². The van der Waals surface area contributed by atoms with Gasteiger partial charge in [-0.3, -0.25) is 0 Å². The molecule has 1 heterocycles. The first kappa shape index (κ1) is 9.70. The predicted octanol–water partition coefficient (Wildman–Crippen LogP) is 1.90. The van der Waals surface area contributed by atoms with Crippen molar-refractivity contribution in [2.75, 3.05) is 0 Å². The fourth-order valence-corrected chi connectivity index (χ4v) is 1.15. The Bertz CT molecular complexity index is 306. The van der Waals surface area contributed by atoms with E-state index in [1.54, 1.807) is 6.92 Å². The van der Waals surface area contributed by atoms with Crippen molar-refractivity contribution in [3.63, 3.8) is 0 Å². The molecule has 0 aromatic carbocycles. The van der Waals surface area contributed by atoms with E-state index in [0.717, 1.165) is 12.8 Å². The average molecular weight is 183 g/mol. The summed E-state index contributed by atoms with van der Waals surface area (Å²) in [5.74, 6) is 0.0888. The lowest BCUT2D eigenvalue weighted by atomic mass is 10.3. The minimum atomic E-state index is -0.393. The molecule has 72 valence electrons. The van der Waals surface area contributed by atoms with E-state index in [9.17, 15) is 10.1 Å². The molecule has 5 heteroatoms. The van der Waals surface area contributed by atoms with Gasteiger partial charge >= 0.3 is 5.82 Å². The van der Waals surface area contributed by atoms with E-state index in [1.807, 2.05) is 6.92 Å². The maximum atomic E-state index is 10.5. The van der Waals surface area contributed by atoms with Crippen LogP contribution in [-0.4, -0.2) is 14.7 Å². The van der Waals surface area contributed by atoms with Gasteiger partial charge in [0.25, 0.3) is 0 Å². The number of rotatable bonds is 4. The molecular formula is C8H13N3O2.